The molecule has 10 heteroatoms. The maximum absolute atomic E-state index is 13.0. The van der Waals surface area contributed by atoms with E-state index in [4.69, 9.17) is 9.47 Å². The van der Waals surface area contributed by atoms with Crippen LogP contribution in [-0.4, -0.2) is 41.0 Å². The van der Waals surface area contributed by atoms with Gasteiger partial charge in [-0.05, 0) is 12.5 Å². The molecular weight excluding hydrogens is 444 g/mol. The second kappa shape index (κ2) is 9.97. The van der Waals surface area contributed by atoms with Crippen molar-refractivity contribution in [1.29, 1.82) is 0 Å². The van der Waals surface area contributed by atoms with E-state index in [0.29, 0.717) is 11.7 Å². The Morgan fingerprint density at radius 1 is 1.27 bits per heavy atom. The average molecular weight is 469 g/mol. The number of carbonyl (C=O) groups excluding carboxylic acids is 1. The minimum atomic E-state index is -0.613. The Morgan fingerprint density at radius 2 is 2.06 bits per heavy atom. The molecule has 172 valence electrons. The summed E-state index contributed by atoms with van der Waals surface area (Å²) in [5.74, 6) is -0.147. The molecule has 0 atom stereocenters. The van der Waals surface area contributed by atoms with E-state index in [1.807, 2.05) is 18.2 Å². The molecular formula is C23H24N4O5S. The van der Waals surface area contributed by atoms with Crippen molar-refractivity contribution < 1.29 is 19.2 Å². The van der Waals surface area contributed by atoms with Crippen molar-refractivity contribution in [3.05, 3.63) is 74.3 Å². The van der Waals surface area contributed by atoms with Crippen LogP contribution < -0.4 is 14.8 Å². The highest BCUT2D eigenvalue weighted by Crippen LogP contribution is 2.36. The number of nitrogens with zero attached hydrogens (tertiary/aromatic N) is 3. The van der Waals surface area contributed by atoms with Crippen LogP contribution in [-0.2, 0) is 19.5 Å². The molecule has 0 fully saturated rings. The molecule has 0 saturated carbocycles. The van der Waals surface area contributed by atoms with Crippen molar-refractivity contribution in [3.8, 4) is 11.5 Å². The molecule has 0 aliphatic carbocycles. The number of nitro groups is 1. The average Bonchev–Trinajstić information content (AvgIpc) is 3.21. The number of fused-ring (bicyclic) bond motifs is 1. The maximum atomic E-state index is 13.0. The number of carbonyl (C=O) groups is 1. The van der Waals surface area contributed by atoms with Gasteiger partial charge in [0.05, 0.1) is 30.4 Å². The summed E-state index contributed by atoms with van der Waals surface area (Å²) in [6.07, 6.45) is 0.783. The summed E-state index contributed by atoms with van der Waals surface area (Å²) in [5, 5.41) is 14.7. The minimum absolute atomic E-state index is 0.108. The summed E-state index contributed by atoms with van der Waals surface area (Å²) in [6.45, 7) is 4.57. The molecule has 1 aromatic heterocycles. The van der Waals surface area contributed by atoms with E-state index in [-0.39, 0.29) is 22.7 Å². The van der Waals surface area contributed by atoms with Crippen LogP contribution >= 0.6 is 11.3 Å². The van der Waals surface area contributed by atoms with Crippen LogP contribution in [0.1, 0.15) is 33.4 Å². The fraction of sp³-hybridized carbons (Fsp3) is 0.304. The number of rotatable bonds is 8. The summed E-state index contributed by atoms with van der Waals surface area (Å²) < 4.78 is 10.7. The van der Waals surface area contributed by atoms with Gasteiger partial charge in [-0.3, -0.25) is 25.1 Å². The SMILES string of the molecule is CCOc1cc(C(=O)Nc2nc3c(s2)CN(Cc2ccccc2)CC3)c([N+](=O)[O-])cc1OC. The Hall–Kier alpha value is -3.50. The maximum Gasteiger partial charge on any atom is 0.286 e. The summed E-state index contributed by atoms with van der Waals surface area (Å²) in [5.41, 5.74) is 1.74. The molecule has 4 rings (SSSR count). The number of anilines is 1. The van der Waals surface area contributed by atoms with Crippen LogP contribution in [0.15, 0.2) is 42.5 Å². The van der Waals surface area contributed by atoms with Gasteiger partial charge in [0.1, 0.15) is 5.56 Å². The molecule has 1 amide bonds. The zero-order valence-electron chi connectivity index (χ0n) is 18.4. The predicted octanol–water partition coefficient (Wildman–Crippen LogP) is 4.27. The number of hydrogen-bond acceptors (Lipinski definition) is 8. The summed E-state index contributed by atoms with van der Waals surface area (Å²) >= 11 is 1.40. The van der Waals surface area contributed by atoms with Crippen molar-refractivity contribution in [2.45, 2.75) is 26.4 Å². The number of nitrogens with one attached hydrogen (secondary N) is 1. The highest BCUT2D eigenvalue weighted by molar-refractivity contribution is 7.15. The Balaban J connectivity index is 1.52. The van der Waals surface area contributed by atoms with Crippen LogP contribution in [0.2, 0.25) is 0 Å². The lowest BCUT2D eigenvalue weighted by Gasteiger charge is -2.25. The number of aromatic nitrogens is 1. The van der Waals surface area contributed by atoms with E-state index < -0.39 is 10.8 Å². The number of hydrogen-bond donors (Lipinski definition) is 1. The minimum Gasteiger partial charge on any atom is -0.493 e. The van der Waals surface area contributed by atoms with Crippen molar-refractivity contribution in [2.24, 2.45) is 0 Å². The van der Waals surface area contributed by atoms with Crippen LogP contribution in [0.4, 0.5) is 10.8 Å². The molecule has 33 heavy (non-hydrogen) atoms. The van der Waals surface area contributed by atoms with Crippen molar-refractivity contribution in [1.82, 2.24) is 9.88 Å². The molecule has 1 N–H and O–H groups in total. The zero-order chi connectivity index (χ0) is 23.4. The van der Waals surface area contributed by atoms with Gasteiger partial charge in [-0.1, -0.05) is 30.3 Å². The van der Waals surface area contributed by atoms with E-state index in [1.54, 1.807) is 6.92 Å². The first-order chi connectivity index (χ1) is 16.0. The van der Waals surface area contributed by atoms with Crippen LogP contribution in [0, 0.1) is 10.1 Å². The van der Waals surface area contributed by atoms with Gasteiger partial charge in [0, 0.05) is 37.0 Å². The number of amides is 1. The zero-order valence-corrected chi connectivity index (χ0v) is 19.2. The molecule has 3 aromatic rings. The van der Waals surface area contributed by atoms with Crippen LogP contribution in [0.3, 0.4) is 0 Å². The second-order valence-electron chi connectivity index (χ2n) is 7.50. The topological polar surface area (TPSA) is 107 Å². The fourth-order valence-electron chi connectivity index (χ4n) is 3.75. The highest BCUT2D eigenvalue weighted by atomic mass is 32.1. The van der Waals surface area contributed by atoms with E-state index in [1.165, 1.54) is 36.1 Å². The summed E-state index contributed by atoms with van der Waals surface area (Å²) in [4.78, 5) is 31.9. The van der Waals surface area contributed by atoms with Crippen LogP contribution in [0.25, 0.3) is 0 Å². The third-order valence-electron chi connectivity index (χ3n) is 5.30. The molecule has 0 spiro atoms. The molecule has 1 aliphatic rings. The lowest BCUT2D eigenvalue weighted by molar-refractivity contribution is -0.385. The quantitative estimate of drug-likeness (QED) is 0.389. The summed E-state index contributed by atoms with van der Waals surface area (Å²) in [7, 11) is 1.39. The molecule has 0 radical (unpaired) electrons. The smallest absolute Gasteiger partial charge is 0.286 e. The van der Waals surface area contributed by atoms with Gasteiger partial charge in [-0.2, -0.15) is 0 Å². The first-order valence-corrected chi connectivity index (χ1v) is 11.4. The Kier molecular flexibility index (Phi) is 6.85. The number of methoxy groups -OCH3 is 1. The monoisotopic (exact) mass is 468 g/mol. The number of thiazole rings is 1. The van der Waals surface area contributed by atoms with E-state index in [2.05, 4.69) is 27.3 Å². The fourth-order valence-corrected chi connectivity index (χ4v) is 4.80. The predicted molar refractivity (Wildman–Crippen MR) is 125 cm³/mol. The third-order valence-corrected chi connectivity index (χ3v) is 6.30. The molecule has 9 nitrogen and oxygen atoms in total. The van der Waals surface area contributed by atoms with Gasteiger partial charge >= 0.3 is 0 Å². The Bertz CT molecular complexity index is 1170. The highest BCUT2D eigenvalue weighted by Gasteiger charge is 2.27. The molecule has 2 heterocycles. The van der Waals surface area contributed by atoms with Crippen molar-refractivity contribution >= 4 is 28.1 Å². The standard InChI is InChI=1S/C23H24N4O5S/c1-3-32-20-11-16(18(27(29)30)12-19(20)31-2)22(28)25-23-24-17-9-10-26(14-21(17)33-23)13-15-7-5-4-6-8-15/h4-8,11-12H,3,9-10,13-14H2,1-2H3,(H,24,25,28). The molecule has 0 saturated heterocycles. The first kappa shape index (κ1) is 22.7. The molecule has 0 unspecified atom stereocenters. The lowest BCUT2D eigenvalue weighted by Crippen LogP contribution is -2.29. The molecule has 0 bridgehead atoms. The van der Waals surface area contributed by atoms with Gasteiger partial charge in [0.25, 0.3) is 11.6 Å². The van der Waals surface area contributed by atoms with Gasteiger partial charge in [0.15, 0.2) is 16.6 Å². The van der Waals surface area contributed by atoms with E-state index in [0.717, 1.165) is 36.6 Å². The van der Waals surface area contributed by atoms with Gasteiger partial charge in [0.2, 0.25) is 0 Å². The number of benzene rings is 2. The van der Waals surface area contributed by atoms with E-state index >= 15 is 0 Å². The summed E-state index contributed by atoms with van der Waals surface area (Å²) in [6, 6.07) is 12.8. The lowest BCUT2D eigenvalue weighted by atomic mass is 10.1. The Morgan fingerprint density at radius 3 is 2.76 bits per heavy atom. The van der Waals surface area contributed by atoms with Gasteiger partial charge in [-0.15, -0.1) is 11.3 Å². The number of nitro benzene ring substituents is 1. The second-order valence-corrected chi connectivity index (χ2v) is 8.58. The van der Waals surface area contributed by atoms with Crippen LogP contribution in [0.5, 0.6) is 11.5 Å². The van der Waals surface area contributed by atoms with Crippen molar-refractivity contribution in [2.75, 3.05) is 25.6 Å². The molecule has 1 aliphatic heterocycles. The Labute approximate surface area is 195 Å². The largest absolute Gasteiger partial charge is 0.493 e. The number of ether oxygens (including phenoxy) is 2. The first-order valence-electron chi connectivity index (χ1n) is 10.5. The normalized spacial score (nSPS) is 13.3. The third kappa shape index (κ3) is 5.12. The van der Waals surface area contributed by atoms with Crippen molar-refractivity contribution in [3.63, 3.8) is 0 Å². The van der Waals surface area contributed by atoms with Gasteiger partial charge < -0.3 is 9.47 Å². The van der Waals surface area contributed by atoms with E-state index in [9.17, 15) is 14.9 Å². The molecule has 2 aromatic carbocycles. The van der Waals surface area contributed by atoms with Gasteiger partial charge in [-0.25, -0.2) is 4.98 Å².